The van der Waals surface area contributed by atoms with Gasteiger partial charge in [0, 0.05) is 5.41 Å². The summed E-state index contributed by atoms with van der Waals surface area (Å²) in [5, 5.41) is 11.5. The highest BCUT2D eigenvalue weighted by Crippen LogP contribution is 2.69. The monoisotopic (exact) mass is 422 g/mol. The summed E-state index contributed by atoms with van der Waals surface area (Å²) in [6.07, 6.45) is 6.74. The minimum atomic E-state index is -4.28. The second kappa shape index (κ2) is 6.79. The van der Waals surface area contributed by atoms with Crippen molar-refractivity contribution in [1.82, 2.24) is 0 Å². The van der Waals surface area contributed by atoms with Crippen LogP contribution in [0.15, 0.2) is 29.2 Å². The van der Waals surface area contributed by atoms with Crippen molar-refractivity contribution in [1.29, 1.82) is 0 Å². The standard InChI is InChI=1S/C22H30O6S/c1-3-22(24,4-2)21-12-15-9-16(13-21)11-20(10-15,14-21)19(23)28-17-5-7-18(8-6-17)29(25,26)27/h5-8,15-16,24H,3-4,9-14H2,1-2H3,(H,25,26,27). The molecule has 7 heteroatoms. The number of hydrogen-bond donors (Lipinski definition) is 2. The number of hydrogen-bond acceptors (Lipinski definition) is 5. The fourth-order valence-electron chi connectivity index (χ4n) is 6.94. The molecule has 2 N–H and O–H groups in total. The molecule has 0 amide bonds. The van der Waals surface area contributed by atoms with Crippen molar-refractivity contribution < 1.29 is 27.6 Å². The molecule has 4 aliphatic rings. The molecule has 6 nitrogen and oxygen atoms in total. The van der Waals surface area contributed by atoms with Gasteiger partial charge < -0.3 is 9.84 Å². The van der Waals surface area contributed by atoms with Crippen LogP contribution >= 0.6 is 0 Å². The van der Waals surface area contributed by atoms with Crippen molar-refractivity contribution in [3.63, 3.8) is 0 Å². The van der Waals surface area contributed by atoms with Gasteiger partial charge in [-0.3, -0.25) is 9.35 Å². The van der Waals surface area contributed by atoms with Crippen LogP contribution in [0.2, 0.25) is 0 Å². The maximum atomic E-state index is 13.3. The molecule has 4 saturated carbocycles. The molecule has 1 aromatic carbocycles. The van der Waals surface area contributed by atoms with Crippen LogP contribution in [-0.4, -0.2) is 29.6 Å². The summed E-state index contributed by atoms with van der Waals surface area (Å²) in [5.41, 5.74) is -1.56. The van der Waals surface area contributed by atoms with E-state index < -0.39 is 21.1 Å². The summed E-state index contributed by atoms with van der Waals surface area (Å²) >= 11 is 0. The van der Waals surface area contributed by atoms with E-state index in [0.717, 1.165) is 32.1 Å². The van der Waals surface area contributed by atoms with Gasteiger partial charge in [0.25, 0.3) is 10.1 Å². The Morgan fingerprint density at radius 1 is 1.10 bits per heavy atom. The molecule has 0 heterocycles. The van der Waals surface area contributed by atoms with Crippen molar-refractivity contribution in [2.45, 2.75) is 75.7 Å². The number of carbonyl (C=O) groups is 1. The van der Waals surface area contributed by atoms with Gasteiger partial charge in [-0.1, -0.05) is 13.8 Å². The molecule has 4 aliphatic carbocycles. The van der Waals surface area contributed by atoms with Crippen LogP contribution in [0.3, 0.4) is 0 Å². The lowest BCUT2D eigenvalue weighted by atomic mass is 9.40. The molecule has 4 bridgehead atoms. The first-order valence-corrected chi connectivity index (χ1v) is 12.0. The second-order valence-corrected chi connectivity index (χ2v) is 11.0. The summed E-state index contributed by atoms with van der Waals surface area (Å²) < 4.78 is 37.2. The molecule has 2 atom stereocenters. The van der Waals surface area contributed by atoms with E-state index in [1.54, 1.807) is 0 Å². The van der Waals surface area contributed by atoms with Crippen LogP contribution in [0.5, 0.6) is 5.75 Å². The van der Waals surface area contributed by atoms with Gasteiger partial charge in [0.05, 0.1) is 15.9 Å². The summed E-state index contributed by atoms with van der Waals surface area (Å²) in [5.74, 6) is 0.879. The van der Waals surface area contributed by atoms with Gasteiger partial charge in [-0.2, -0.15) is 8.42 Å². The maximum absolute atomic E-state index is 13.3. The minimum absolute atomic E-state index is 0.228. The molecule has 0 radical (unpaired) electrons. The minimum Gasteiger partial charge on any atom is -0.426 e. The molecule has 0 saturated heterocycles. The van der Waals surface area contributed by atoms with Crippen molar-refractivity contribution in [2.75, 3.05) is 0 Å². The van der Waals surface area contributed by atoms with E-state index in [2.05, 4.69) is 0 Å². The number of ether oxygens (including phenoxy) is 1. The average molecular weight is 423 g/mol. The van der Waals surface area contributed by atoms with Gasteiger partial charge in [-0.25, -0.2) is 0 Å². The summed E-state index contributed by atoms with van der Waals surface area (Å²) in [4.78, 5) is 13.1. The largest absolute Gasteiger partial charge is 0.426 e. The number of esters is 1. The van der Waals surface area contributed by atoms with Gasteiger partial charge >= 0.3 is 5.97 Å². The Hall–Kier alpha value is -1.44. The molecule has 0 aliphatic heterocycles. The third-order valence-electron chi connectivity index (χ3n) is 7.98. The van der Waals surface area contributed by atoms with E-state index in [4.69, 9.17) is 9.29 Å². The van der Waals surface area contributed by atoms with Crippen LogP contribution in [0.1, 0.15) is 65.2 Å². The van der Waals surface area contributed by atoms with E-state index in [-0.39, 0.29) is 22.0 Å². The normalized spacial score (nSPS) is 33.7. The van der Waals surface area contributed by atoms with Gasteiger partial charge in [0.1, 0.15) is 5.75 Å². The van der Waals surface area contributed by atoms with Gasteiger partial charge in [-0.15, -0.1) is 0 Å². The summed E-state index contributed by atoms with van der Waals surface area (Å²) in [6.45, 7) is 4.06. The Labute approximate surface area is 172 Å². The molecule has 4 fully saturated rings. The number of carbonyl (C=O) groups excluding carboxylic acids is 1. The first-order chi connectivity index (χ1) is 13.5. The number of rotatable bonds is 6. The van der Waals surface area contributed by atoms with Crippen LogP contribution in [0.4, 0.5) is 0 Å². The third-order valence-corrected chi connectivity index (χ3v) is 8.85. The second-order valence-electron chi connectivity index (χ2n) is 9.60. The Balaban J connectivity index is 1.60. The fraction of sp³-hybridized carbons (Fsp3) is 0.682. The molecule has 160 valence electrons. The van der Waals surface area contributed by atoms with E-state index in [1.807, 2.05) is 13.8 Å². The van der Waals surface area contributed by atoms with Crippen LogP contribution < -0.4 is 4.74 Å². The van der Waals surface area contributed by atoms with Crippen molar-refractivity contribution >= 4 is 16.1 Å². The van der Waals surface area contributed by atoms with Gasteiger partial charge in [0.2, 0.25) is 0 Å². The quantitative estimate of drug-likeness (QED) is 0.409. The van der Waals surface area contributed by atoms with Crippen LogP contribution in [0.25, 0.3) is 0 Å². The Morgan fingerprint density at radius 3 is 2.14 bits per heavy atom. The predicted molar refractivity (Wildman–Crippen MR) is 107 cm³/mol. The first kappa shape index (κ1) is 20.8. The van der Waals surface area contributed by atoms with E-state index in [1.165, 1.54) is 24.3 Å². The highest BCUT2D eigenvalue weighted by Gasteiger charge is 2.66. The zero-order valence-corrected chi connectivity index (χ0v) is 17.9. The van der Waals surface area contributed by atoms with Crippen LogP contribution in [-0.2, 0) is 14.9 Å². The predicted octanol–water partition coefficient (Wildman–Crippen LogP) is 3.98. The molecule has 5 rings (SSSR count). The molecule has 0 aromatic heterocycles. The van der Waals surface area contributed by atoms with Crippen LogP contribution in [0, 0.1) is 22.7 Å². The highest BCUT2D eigenvalue weighted by atomic mass is 32.2. The number of benzene rings is 1. The SMILES string of the molecule is CCC(O)(CC)C12CC3CC(CC(C(=O)Oc4ccc(S(=O)(=O)O)cc4)(C3)C1)C2. The molecular weight excluding hydrogens is 392 g/mol. The Morgan fingerprint density at radius 2 is 1.66 bits per heavy atom. The first-order valence-electron chi connectivity index (χ1n) is 10.6. The van der Waals surface area contributed by atoms with Crippen molar-refractivity contribution in [3.8, 4) is 5.75 Å². The van der Waals surface area contributed by atoms with E-state index >= 15 is 0 Å². The lowest BCUT2D eigenvalue weighted by molar-refractivity contribution is -0.215. The summed E-state index contributed by atoms with van der Waals surface area (Å²) in [6, 6.07) is 5.25. The van der Waals surface area contributed by atoms with E-state index in [9.17, 15) is 18.3 Å². The Kier molecular flexibility index (Phi) is 4.87. The third kappa shape index (κ3) is 3.31. The summed E-state index contributed by atoms with van der Waals surface area (Å²) in [7, 11) is -4.28. The smallest absolute Gasteiger partial charge is 0.317 e. The van der Waals surface area contributed by atoms with Crippen molar-refractivity contribution in [2.24, 2.45) is 22.7 Å². The topological polar surface area (TPSA) is 101 Å². The lowest BCUT2D eigenvalue weighted by Gasteiger charge is -2.65. The zero-order valence-electron chi connectivity index (χ0n) is 17.1. The molecule has 1 aromatic rings. The average Bonchev–Trinajstić information content (AvgIpc) is 2.66. The molecule has 2 unspecified atom stereocenters. The fourth-order valence-corrected chi connectivity index (χ4v) is 7.42. The molecule has 29 heavy (non-hydrogen) atoms. The van der Waals surface area contributed by atoms with Gasteiger partial charge in [0.15, 0.2) is 0 Å². The van der Waals surface area contributed by atoms with Crippen molar-refractivity contribution in [3.05, 3.63) is 24.3 Å². The Bertz CT molecular complexity index is 886. The van der Waals surface area contributed by atoms with E-state index in [0.29, 0.717) is 31.1 Å². The zero-order chi connectivity index (χ0) is 21.1. The maximum Gasteiger partial charge on any atom is 0.317 e. The lowest BCUT2D eigenvalue weighted by Crippen LogP contribution is -2.63. The molecular formula is C22H30O6S. The number of aliphatic hydroxyl groups is 1. The van der Waals surface area contributed by atoms with Gasteiger partial charge in [-0.05, 0) is 87.5 Å². The molecule has 0 spiro atoms. The highest BCUT2D eigenvalue weighted by molar-refractivity contribution is 7.85.